The third-order valence-corrected chi connectivity index (χ3v) is 5.27. The van der Waals surface area contributed by atoms with Crippen LogP contribution in [0, 0.1) is 0 Å². The number of anilines is 1. The first kappa shape index (κ1) is 22.3. The standard InChI is InChI=1S/C21H25N3O4S/c1-21(2,3)24-29(27,28)18-11-7-10-17(14-18)23-20(26)15-22-19(25)13-12-16-8-5-4-6-9-16/h4-14,24H,15H2,1-3H3,(H,22,25)(H,23,26)/b13-12+. The van der Waals surface area contributed by atoms with Crippen molar-refractivity contribution >= 4 is 33.6 Å². The van der Waals surface area contributed by atoms with E-state index in [4.69, 9.17) is 0 Å². The number of hydrogen-bond donors (Lipinski definition) is 3. The minimum atomic E-state index is -3.72. The van der Waals surface area contributed by atoms with Crippen LogP contribution in [-0.4, -0.2) is 32.3 Å². The molecule has 0 atom stereocenters. The fourth-order valence-corrected chi connectivity index (χ4v) is 3.83. The molecule has 0 aromatic heterocycles. The second-order valence-electron chi connectivity index (χ2n) is 7.39. The van der Waals surface area contributed by atoms with Crippen molar-refractivity contribution in [2.45, 2.75) is 31.2 Å². The maximum Gasteiger partial charge on any atom is 0.244 e. The van der Waals surface area contributed by atoms with Crippen LogP contribution in [0.4, 0.5) is 5.69 Å². The van der Waals surface area contributed by atoms with Crippen LogP contribution in [0.3, 0.4) is 0 Å². The molecule has 0 aliphatic rings. The lowest BCUT2D eigenvalue weighted by Crippen LogP contribution is -2.40. The summed E-state index contributed by atoms with van der Waals surface area (Å²) < 4.78 is 27.4. The zero-order valence-corrected chi connectivity index (χ0v) is 17.4. The molecule has 0 unspecified atom stereocenters. The number of hydrogen-bond acceptors (Lipinski definition) is 4. The van der Waals surface area contributed by atoms with Gasteiger partial charge < -0.3 is 10.6 Å². The third-order valence-electron chi connectivity index (χ3n) is 3.52. The quantitative estimate of drug-likeness (QED) is 0.605. The van der Waals surface area contributed by atoms with Crippen molar-refractivity contribution in [3.05, 3.63) is 66.2 Å². The molecule has 0 saturated heterocycles. The minimum absolute atomic E-state index is 0.0417. The van der Waals surface area contributed by atoms with Crippen LogP contribution in [0.25, 0.3) is 6.08 Å². The normalized spacial score (nSPS) is 12.0. The minimum Gasteiger partial charge on any atom is -0.343 e. The lowest BCUT2D eigenvalue weighted by Gasteiger charge is -2.20. The summed E-state index contributed by atoms with van der Waals surface area (Å²) in [6.07, 6.45) is 2.98. The number of sulfonamides is 1. The molecule has 0 aliphatic heterocycles. The molecule has 2 aromatic carbocycles. The summed E-state index contributed by atoms with van der Waals surface area (Å²) >= 11 is 0. The number of benzene rings is 2. The number of carbonyl (C=O) groups is 2. The highest BCUT2D eigenvalue weighted by Crippen LogP contribution is 2.17. The van der Waals surface area contributed by atoms with Crippen molar-refractivity contribution in [2.24, 2.45) is 0 Å². The van der Waals surface area contributed by atoms with Crippen LogP contribution in [0.15, 0.2) is 65.6 Å². The van der Waals surface area contributed by atoms with E-state index in [1.165, 1.54) is 24.3 Å². The fourth-order valence-electron chi connectivity index (χ4n) is 2.37. The summed E-state index contributed by atoms with van der Waals surface area (Å²) in [7, 11) is -3.72. The number of nitrogens with one attached hydrogen (secondary N) is 3. The van der Waals surface area contributed by atoms with Gasteiger partial charge in [0, 0.05) is 17.3 Å². The Labute approximate surface area is 171 Å². The van der Waals surface area contributed by atoms with Gasteiger partial charge >= 0.3 is 0 Å². The molecule has 2 rings (SSSR count). The summed E-state index contributed by atoms with van der Waals surface area (Å²) in [6, 6.07) is 15.2. The highest BCUT2D eigenvalue weighted by molar-refractivity contribution is 7.89. The van der Waals surface area contributed by atoms with E-state index in [1.807, 2.05) is 30.3 Å². The lowest BCUT2D eigenvalue weighted by atomic mass is 10.1. The van der Waals surface area contributed by atoms with E-state index < -0.39 is 27.4 Å². The van der Waals surface area contributed by atoms with Gasteiger partial charge in [-0.1, -0.05) is 36.4 Å². The summed E-state index contributed by atoms with van der Waals surface area (Å²) in [4.78, 5) is 23.9. The molecule has 0 spiro atoms. The zero-order chi connectivity index (χ0) is 21.5. The van der Waals surface area contributed by atoms with Gasteiger partial charge in [-0.25, -0.2) is 13.1 Å². The van der Waals surface area contributed by atoms with Gasteiger partial charge in [0.1, 0.15) is 0 Å². The molecule has 29 heavy (non-hydrogen) atoms. The smallest absolute Gasteiger partial charge is 0.244 e. The molecular weight excluding hydrogens is 390 g/mol. The summed E-state index contributed by atoms with van der Waals surface area (Å²) in [5.41, 5.74) is 0.560. The van der Waals surface area contributed by atoms with Crippen molar-refractivity contribution in [3.63, 3.8) is 0 Å². The van der Waals surface area contributed by atoms with E-state index in [0.29, 0.717) is 5.69 Å². The molecule has 2 amide bonds. The van der Waals surface area contributed by atoms with Crippen LogP contribution in [-0.2, 0) is 19.6 Å². The molecule has 0 heterocycles. The Morgan fingerprint density at radius 1 is 1.00 bits per heavy atom. The topological polar surface area (TPSA) is 104 Å². The predicted octanol–water partition coefficient (Wildman–Crippen LogP) is 2.53. The van der Waals surface area contributed by atoms with E-state index in [9.17, 15) is 18.0 Å². The van der Waals surface area contributed by atoms with Gasteiger partial charge in [0.15, 0.2) is 0 Å². The first-order valence-corrected chi connectivity index (χ1v) is 10.5. The van der Waals surface area contributed by atoms with Crippen LogP contribution in [0.1, 0.15) is 26.3 Å². The van der Waals surface area contributed by atoms with Gasteiger partial charge in [0.25, 0.3) is 0 Å². The third kappa shape index (κ3) is 7.89. The first-order chi connectivity index (χ1) is 13.5. The Hall–Kier alpha value is -2.97. The lowest BCUT2D eigenvalue weighted by molar-refractivity contribution is -0.121. The van der Waals surface area contributed by atoms with Crippen molar-refractivity contribution in [3.8, 4) is 0 Å². The average Bonchev–Trinajstić information content (AvgIpc) is 2.64. The number of rotatable bonds is 7. The second kappa shape index (κ2) is 9.49. The van der Waals surface area contributed by atoms with Crippen LogP contribution in [0.5, 0.6) is 0 Å². The van der Waals surface area contributed by atoms with Crippen molar-refractivity contribution in [2.75, 3.05) is 11.9 Å². The van der Waals surface area contributed by atoms with Crippen molar-refractivity contribution < 1.29 is 18.0 Å². The van der Waals surface area contributed by atoms with Crippen molar-refractivity contribution in [1.82, 2.24) is 10.0 Å². The predicted molar refractivity (Wildman–Crippen MR) is 114 cm³/mol. The van der Waals surface area contributed by atoms with Gasteiger partial charge in [-0.05, 0) is 50.6 Å². The molecule has 7 nitrogen and oxygen atoms in total. The maximum atomic E-state index is 12.4. The Kier molecular flexibility index (Phi) is 7.30. The molecule has 0 bridgehead atoms. The zero-order valence-electron chi connectivity index (χ0n) is 16.6. The Bertz CT molecular complexity index is 994. The summed E-state index contributed by atoms with van der Waals surface area (Å²) in [5.74, 6) is -0.875. The molecule has 2 aromatic rings. The Balaban J connectivity index is 1.92. The molecule has 0 aliphatic carbocycles. The number of amides is 2. The Morgan fingerprint density at radius 2 is 1.69 bits per heavy atom. The van der Waals surface area contributed by atoms with E-state index in [0.717, 1.165) is 5.56 Å². The van der Waals surface area contributed by atoms with E-state index in [-0.39, 0.29) is 11.4 Å². The van der Waals surface area contributed by atoms with Gasteiger partial charge in [0.2, 0.25) is 21.8 Å². The maximum absolute atomic E-state index is 12.4. The molecule has 154 valence electrons. The van der Waals surface area contributed by atoms with Crippen molar-refractivity contribution in [1.29, 1.82) is 0 Å². The molecule has 8 heteroatoms. The molecule has 0 fully saturated rings. The highest BCUT2D eigenvalue weighted by Gasteiger charge is 2.22. The van der Waals surface area contributed by atoms with Gasteiger partial charge in [-0.3, -0.25) is 9.59 Å². The van der Waals surface area contributed by atoms with Crippen LogP contribution >= 0.6 is 0 Å². The van der Waals surface area contributed by atoms with Gasteiger partial charge in [-0.15, -0.1) is 0 Å². The summed E-state index contributed by atoms with van der Waals surface area (Å²) in [6.45, 7) is 4.98. The summed E-state index contributed by atoms with van der Waals surface area (Å²) in [5, 5.41) is 5.06. The van der Waals surface area contributed by atoms with E-state index in [2.05, 4.69) is 15.4 Å². The largest absolute Gasteiger partial charge is 0.343 e. The van der Waals surface area contributed by atoms with Gasteiger partial charge in [0.05, 0.1) is 11.4 Å². The monoisotopic (exact) mass is 415 g/mol. The van der Waals surface area contributed by atoms with E-state index >= 15 is 0 Å². The highest BCUT2D eigenvalue weighted by atomic mass is 32.2. The fraction of sp³-hybridized carbons (Fsp3) is 0.238. The van der Waals surface area contributed by atoms with Crippen LogP contribution < -0.4 is 15.4 Å². The first-order valence-electron chi connectivity index (χ1n) is 9.00. The Morgan fingerprint density at radius 3 is 2.34 bits per heavy atom. The van der Waals surface area contributed by atoms with E-state index in [1.54, 1.807) is 32.9 Å². The molecule has 0 saturated carbocycles. The SMILES string of the molecule is CC(C)(C)NS(=O)(=O)c1cccc(NC(=O)CNC(=O)/C=C/c2ccccc2)c1. The second-order valence-corrected chi connectivity index (χ2v) is 9.08. The van der Waals surface area contributed by atoms with Crippen LogP contribution in [0.2, 0.25) is 0 Å². The van der Waals surface area contributed by atoms with Gasteiger partial charge in [-0.2, -0.15) is 0 Å². The number of carbonyl (C=O) groups excluding carboxylic acids is 2. The average molecular weight is 416 g/mol. The molecule has 0 radical (unpaired) electrons. The molecule has 3 N–H and O–H groups in total. The molecular formula is C21H25N3O4S.